The summed E-state index contributed by atoms with van der Waals surface area (Å²) >= 11 is 0. The molecule has 0 aliphatic rings. The van der Waals surface area contributed by atoms with Crippen LogP contribution in [0.4, 0.5) is 11.5 Å². The smallest absolute Gasteiger partial charge is 0.221 e. The second-order valence-electron chi connectivity index (χ2n) is 3.84. The van der Waals surface area contributed by atoms with Crippen LogP contribution in [0, 0.1) is 0 Å². The number of aliphatic hydroxyl groups is 1. The number of aliphatic hydroxyl groups excluding tert-OH is 1. The molecule has 5 heteroatoms. The maximum Gasteiger partial charge on any atom is 0.221 e. The molecule has 18 heavy (non-hydrogen) atoms. The van der Waals surface area contributed by atoms with E-state index in [0.29, 0.717) is 23.7 Å². The summed E-state index contributed by atoms with van der Waals surface area (Å²) in [5.41, 5.74) is 12.6. The molecule has 94 valence electrons. The molecule has 0 radical (unpaired) electrons. The number of ether oxygens (including phenoxy) is 1. The number of rotatable bonds is 4. The van der Waals surface area contributed by atoms with Crippen molar-refractivity contribution in [3.63, 3.8) is 0 Å². The van der Waals surface area contributed by atoms with E-state index < -0.39 is 0 Å². The van der Waals surface area contributed by atoms with Gasteiger partial charge in [-0.15, -0.1) is 0 Å². The van der Waals surface area contributed by atoms with Crippen LogP contribution in [0.15, 0.2) is 36.4 Å². The SMILES string of the molecule is Nc1ccc(Oc2ccc(CCO)cc2)nc1N. The minimum Gasteiger partial charge on any atom is -0.439 e. The standard InChI is InChI=1S/C13H15N3O2/c14-11-5-6-12(16-13(11)15)18-10-3-1-9(2-4-10)7-8-17/h1-6,17H,7-8,14H2,(H2,15,16). The Morgan fingerprint density at radius 1 is 1.06 bits per heavy atom. The average Bonchev–Trinajstić information content (AvgIpc) is 2.37. The molecule has 5 N–H and O–H groups in total. The number of nitrogen functional groups attached to an aromatic ring is 2. The minimum atomic E-state index is 0.135. The zero-order valence-corrected chi connectivity index (χ0v) is 9.84. The van der Waals surface area contributed by atoms with Crippen LogP contribution in [0.3, 0.4) is 0 Å². The third-order valence-electron chi connectivity index (χ3n) is 2.48. The van der Waals surface area contributed by atoms with Crippen LogP contribution in [-0.2, 0) is 6.42 Å². The van der Waals surface area contributed by atoms with Crippen LogP contribution in [0.5, 0.6) is 11.6 Å². The van der Waals surface area contributed by atoms with Gasteiger partial charge in [0.25, 0.3) is 0 Å². The number of nitrogens with zero attached hydrogens (tertiary/aromatic N) is 1. The van der Waals surface area contributed by atoms with E-state index in [4.69, 9.17) is 21.3 Å². The third-order valence-corrected chi connectivity index (χ3v) is 2.48. The second-order valence-corrected chi connectivity index (χ2v) is 3.84. The van der Waals surface area contributed by atoms with Crippen LogP contribution >= 0.6 is 0 Å². The van der Waals surface area contributed by atoms with Crippen LogP contribution in [0.1, 0.15) is 5.56 Å². The molecular formula is C13H15N3O2. The minimum absolute atomic E-state index is 0.135. The summed E-state index contributed by atoms with van der Waals surface area (Å²) in [4.78, 5) is 4.02. The van der Waals surface area contributed by atoms with Gasteiger partial charge in [-0.25, -0.2) is 0 Å². The maximum absolute atomic E-state index is 8.81. The molecule has 0 amide bonds. The number of anilines is 2. The number of aromatic nitrogens is 1. The third kappa shape index (κ3) is 2.89. The second kappa shape index (κ2) is 5.37. The lowest BCUT2D eigenvalue weighted by molar-refractivity contribution is 0.299. The fourth-order valence-electron chi connectivity index (χ4n) is 1.50. The van der Waals surface area contributed by atoms with E-state index in [1.807, 2.05) is 24.3 Å². The normalized spacial score (nSPS) is 10.3. The molecule has 2 rings (SSSR count). The fourth-order valence-corrected chi connectivity index (χ4v) is 1.50. The van der Waals surface area contributed by atoms with E-state index in [1.54, 1.807) is 12.1 Å². The van der Waals surface area contributed by atoms with Gasteiger partial charge in [0.2, 0.25) is 5.88 Å². The molecule has 0 bridgehead atoms. The van der Waals surface area contributed by atoms with Gasteiger partial charge >= 0.3 is 0 Å². The van der Waals surface area contributed by atoms with Crippen molar-refractivity contribution in [2.24, 2.45) is 0 Å². The summed E-state index contributed by atoms with van der Waals surface area (Å²) in [6.45, 7) is 0.135. The summed E-state index contributed by atoms with van der Waals surface area (Å²) in [6, 6.07) is 10.7. The molecule has 1 aromatic heterocycles. The van der Waals surface area contributed by atoms with Gasteiger partial charge in [0.05, 0.1) is 5.69 Å². The quantitative estimate of drug-likeness (QED) is 0.760. The van der Waals surface area contributed by atoms with Gasteiger partial charge < -0.3 is 21.3 Å². The number of benzene rings is 1. The van der Waals surface area contributed by atoms with Gasteiger partial charge in [-0.1, -0.05) is 12.1 Å². The lowest BCUT2D eigenvalue weighted by Gasteiger charge is -2.07. The molecule has 0 unspecified atom stereocenters. The van der Waals surface area contributed by atoms with Crippen LogP contribution in [-0.4, -0.2) is 16.7 Å². The monoisotopic (exact) mass is 245 g/mol. The van der Waals surface area contributed by atoms with Gasteiger partial charge in [0.15, 0.2) is 5.82 Å². The number of hydrogen-bond acceptors (Lipinski definition) is 5. The summed E-state index contributed by atoms with van der Waals surface area (Å²) in [5.74, 6) is 1.31. The molecule has 2 aromatic rings. The summed E-state index contributed by atoms with van der Waals surface area (Å²) < 4.78 is 5.54. The van der Waals surface area contributed by atoms with Crippen molar-refractivity contribution in [2.45, 2.75) is 6.42 Å². The van der Waals surface area contributed by atoms with Crippen molar-refractivity contribution in [1.29, 1.82) is 0 Å². The van der Waals surface area contributed by atoms with Crippen LogP contribution in [0.2, 0.25) is 0 Å². The predicted octanol–water partition coefficient (Wildman–Crippen LogP) is 1.57. The number of nitrogens with two attached hydrogens (primary N) is 2. The molecule has 0 fully saturated rings. The first-order chi connectivity index (χ1) is 8.69. The zero-order valence-electron chi connectivity index (χ0n) is 9.84. The molecule has 0 saturated carbocycles. The molecule has 1 heterocycles. The van der Waals surface area contributed by atoms with E-state index >= 15 is 0 Å². The molecular weight excluding hydrogens is 230 g/mol. The van der Waals surface area contributed by atoms with Crippen molar-refractivity contribution < 1.29 is 9.84 Å². The zero-order chi connectivity index (χ0) is 13.0. The first-order valence-corrected chi connectivity index (χ1v) is 5.58. The fraction of sp³-hybridized carbons (Fsp3) is 0.154. The maximum atomic E-state index is 8.81. The van der Waals surface area contributed by atoms with E-state index in [-0.39, 0.29) is 12.4 Å². The van der Waals surface area contributed by atoms with E-state index in [9.17, 15) is 0 Å². The first kappa shape index (κ1) is 12.2. The van der Waals surface area contributed by atoms with E-state index in [2.05, 4.69) is 4.98 Å². The summed E-state index contributed by atoms with van der Waals surface area (Å²) in [5, 5.41) is 8.81. The van der Waals surface area contributed by atoms with Gasteiger partial charge in [-0.05, 0) is 30.2 Å². The summed E-state index contributed by atoms with van der Waals surface area (Å²) in [6.07, 6.45) is 0.632. The van der Waals surface area contributed by atoms with Crippen LogP contribution < -0.4 is 16.2 Å². The first-order valence-electron chi connectivity index (χ1n) is 5.58. The van der Waals surface area contributed by atoms with Gasteiger partial charge in [-0.2, -0.15) is 4.98 Å². The van der Waals surface area contributed by atoms with Gasteiger partial charge in [0.1, 0.15) is 5.75 Å². The van der Waals surface area contributed by atoms with Crippen molar-refractivity contribution >= 4 is 11.5 Å². The lowest BCUT2D eigenvalue weighted by atomic mass is 10.1. The molecule has 0 atom stereocenters. The van der Waals surface area contributed by atoms with Crippen LogP contribution in [0.25, 0.3) is 0 Å². The topological polar surface area (TPSA) is 94.4 Å². The van der Waals surface area contributed by atoms with Crippen molar-refractivity contribution in [3.05, 3.63) is 42.0 Å². The Kier molecular flexibility index (Phi) is 3.64. The molecule has 0 saturated heterocycles. The largest absolute Gasteiger partial charge is 0.439 e. The van der Waals surface area contributed by atoms with E-state index in [0.717, 1.165) is 5.56 Å². The van der Waals surface area contributed by atoms with Gasteiger partial charge in [-0.3, -0.25) is 0 Å². The molecule has 5 nitrogen and oxygen atoms in total. The predicted molar refractivity (Wildman–Crippen MR) is 70.4 cm³/mol. The Hall–Kier alpha value is -2.27. The Morgan fingerprint density at radius 2 is 1.78 bits per heavy atom. The van der Waals surface area contributed by atoms with Crippen molar-refractivity contribution in [2.75, 3.05) is 18.1 Å². The average molecular weight is 245 g/mol. The Balaban J connectivity index is 2.10. The Bertz CT molecular complexity index is 526. The Morgan fingerprint density at radius 3 is 2.39 bits per heavy atom. The van der Waals surface area contributed by atoms with Gasteiger partial charge in [0, 0.05) is 12.7 Å². The van der Waals surface area contributed by atoms with E-state index in [1.165, 1.54) is 0 Å². The molecule has 0 aliphatic heterocycles. The highest BCUT2D eigenvalue weighted by Crippen LogP contribution is 2.23. The molecule has 1 aromatic carbocycles. The number of pyridine rings is 1. The molecule has 0 spiro atoms. The summed E-state index contributed by atoms with van der Waals surface area (Å²) in [7, 11) is 0. The lowest BCUT2D eigenvalue weighted by Crippen LogP contribution is -1.99. The van der Waals surface area contributed by atoms with Crippen molar-refractivity contribution in [3.8, 4) is 11.6 Å². The highest BCUT2D eigenvalue weighted by molar-refractivity contribution is 5.58. The highest BCUT2D eigenvalue weighted by atomic mass is 16.5. The van der Waals surface area contributed by atoms with Crippen molar-refractivity contribution in [1.82, 2.24) is 4.98 Å². The molecule has 0 aliphatic carbocycles. The Labute approximate surface area is 105 Å². The highest BCUT2D eigenvalue weighted by Gasteiger charge is 2.02. The number of hydrogen-bond donors (Lipinski definition) is 3.